The maximum absolute atomic E-state index is 13.3. The summed E-state index contributed by atoms with van der Waals surface area (Å²) in [6.07, 6.45) is -5.98. The van der Waals surface area contributed by atoms with Gasteiger partial charge in [-0.15, -0.1) is 0 Å². The van der Waals surface area contributed by atoms with Crippen LogP contribution < -0.4 is 0 Å². The van der Waals surface area contributed by atoms with E-state index in [1.165, 1.54) is 0 Å². The molecule has 1 rings (SSSR count). The Balaban J connectivity index is 2.71. The van der Waals surface area contributed by atoms with E-state index >= 15 is 0 Å². The van der Waals surface area contributed by atoms with Gasteiger partial charge in [0, 0.05) is 6.42 Å². The zero-order chi connectivity index (χ0) is 19.5. The van der Waals surface area contributed by atoms with Crippen LogP contribution in [0.5, 0.6) is 0 Å². The predicted octanol–water partition coefficient (Wildman–Crippen LogP) is 3.94. The third-order valence-corrected chi connectivity index (χ3v) is 5.32. The van der Waals surface area contributed by atoms with E-state index in [0.29, 0.717) is 5.92 Å². The van der Waals surface area contributed by atoms with Crippen LogP contribution in [0.25, 0.3) is 0 Å². The molecule has 1 aliphatic carbocycles. The second-order valence-corrected chi connectivity index (χ2v) is 7.79. The van der Waals surface area contributed by atoms with Crippen molar-refractivity contribution in [3.8, 4) is 0 Å². The van der Waals surface area contributed by atoms with Crippen molar-refractivity contribution in [2.24, 2.45) is 11.8 Å². The molecule has 0 saturated heterocycles. The molecule has 0 aromatic rings. The van der Waals surface area contributed by atoms with Crippen LogP contribution in [0.3, 0.4) is 0 Å². The number of rotatable bonds is 7. The van der Waals surface area contributed by atoms with Gasteiger partial charge in [-0.05, 0) is 24.7 Å². The van der Waals surface area contributed by atoms with Gasteiger partial charge in [-0.25, -0.2) is 0 Å². The highest BCUT2D eigenvalue weighted by Gasteiger charge is 2.66. The van der Waals surface area contributed by atoms with Crippen LogP contribution in [0.4, 0.5) is 22.0 Å². The largest absolute Gasteiger partial charge is 0.445 e. The van der Waals surface area contributed by atoms with Crippen molar-refractivity contribution in [1.82, 2.24) is 0 Å². The molecule has 0 radical (unpaired) electrons. The van der Waals surface area contributed by atoms with Gasteiger partial charge in [0.15, 0.2) is 0 Å². The van der Waals surface area contributed by atoms with Crippen molar-refractivity contribution in [2.75, 3.05) is 0 Å². The minimum atomic E-state index is -6.41. The molecule has 0 aliphatic heterocycles. The van der Waals surface area contributed by atoms with Crippen molar-refractivity contribution in [2.45, 2.75) is 69.4 Å². The Kier molecular flexibility index (Phi) is 7.20. The molecule has 148 valence electrons. The number of halogens is 5. The summed E-state index contributed by atoms with van der Waals surface area (Å²) in [7, 11) is -6.41. The Bertz CT molecular complexity index is 560. The average Bonchev–Trinajstić information content (AvgIpc) is 2.48. The van der Waals surface area contributed by atoms with Crippen LogP contribution in [0.1, 0.15) is 51.9 Å². The van der Waals surface area contributed by atoms with E-state index < -0.39 is 40.0 Å². The van der Waals surface area contributed by atoms with Gasteiger partial charge in [0.25, 0.3) is 6.10 Å². The first kappa shape index (κ1) is 22.1. The fourth-order valence-electron chi connectivity index (χ4n) is 3.01. The van der Waals surface area contributed by atoms with Gasteiger partial charge >= 0.3 is 27.5 Å². The number of hydrogen-bond acceptors (Lipinski definition) is 4. The summed E-state index contributed by atoms with van der Waals surface area (Å²) >= 11 is 0. The second kappa shape index (κ2) is 8.15. The molecule has 0 spiro atoms. The summed E-state index contributed by atoms with van der Waals surface area (Å²) in [6, 6.07) is 0. The fraction of sp³-hybridized carbons (Fsp3) is 0.929. The zero-order valence-corrected chi connectivity index (χ0v) is 14.4. The molecule has 0 amide bonds. The molecule has 1 N–H and O–H groups in total. The van der Waals surface area contributed by atoms with E-state index in [0.717, 1.165) is 32.1 Å². The highest BCUT2D eigenvalue weighted by Crippen LogP contribution is 2.39. The molecule has 25 heavy (non-hydrogen) atoms. The highest BCUT2D eigenvalue weighted by atomic mass is 32.2. The first-order valence-electron chi connectivity index (χ1n) is 7.90. The maximum atomic E-state index is 13.3. The minimum absolute atomic E-state index is 0.0812. The van der Waals surface area contributed by atoms with Crippen molar-refractivity contribution in [3.05, 3.63) is 0 Å². The van der Waals surface area contributed by atoms with Gasteiger partial charge in [0.2, 0.25) is 0 Å². The maximum Gasteiger partial charge on any atom is 0.432 e. The normalized spacial score (nSPS) is 24.0. The minimum Gasteiger partial charge on any atom is -0.445 e. The van der Waals surface area contributed by atoms with Gasteiger partial charge in [0.05, 0.1) is 0 Å². The van der Waals surface area contributed by atoms with Crippen molar-refractivity contribution in [3.63, 3.8) is 0 Å². The van der Waals surface area contributed by atoms with Crippen LogP contribution in [0.2, 0.25) is 0 Å². The van der Waals surface area contributed by atoms with Gasteiger partial charge in [-0.2, -0.15) is 30.4 Å². The highest BCUT2D eigenvalue weighted by molar-refractivity contribution is 7.86. The molecule has 0 aromatic carbocycles. The molecular weight excluding hydrogens is 375 g/mol. The van der Waals surface area contributed by atoms with Crippen LogP contribution in [0, 0.1) is 11.8 Å². The standard InChI is InChI=1S/C14H21F5O5S/c1-2-9-4-3-5-10(8-9)6-7-11(20)24-12(13(15,16)17)14(18,19)25(21,22)23/h9-10,12H,2-8H2,1H3,(H,21,22,23). The van der Waals surface area contributed by atoms with Gasteiger partial charge in [-0.1, -0.05) is 32.6 Å². The Morgan fingerprint density at radius 2 is 1.76 bits per heavy atom. The van der Waals surface area contributed by atoms with Gasteiger partial charge in [-0.3, -0.25) is 9.35 Å². The molecule has 0 aromatic heterocycles. The first-order chi connectivity index (χ1) is 11.3. The number of ether oxygens (including phenoxy) is 1. The lowest BCUT2D eigenvalue weighted by atomic mass is 9.78. The fourth-order valence-corrected chi connectivity index (χ4v) is 3.46. The Morgan fingerprint density at radius 3 is 2.24 bits per heavy atom. The lowest BCUT2D eigenvalue weighted by Gasteiger charge is -2.29. The van der Waals surface area contributed by atoms with Crippen LogP contribution in [-0.2, 0) is 19.6 Å². The summed E-state index contributed by atoms with van der Waals surface area (Å²) in [5, 5.41) is -5.68. The molecule has 0 bridgehead atoms. The molecule has 1 saturated carbocycles. The lowest BCUT2D eigenvalue weighted by Crippen LogP contribution is -2.52. The Hall–Kier alpha value is -0.970. The molecule has 11 heteroatoms. The van der Waals surface area contributed by atoms with E-state index in [1.54, 1.807) is 0 Å². The van der Waals surface area contributed by atoms with E-state index in [9.17, 15) is 35.2 Å². The molecule has 5 nitrogen and oxygen atoms in total. The summed E-state index contributed by atoms with van der Waals surface area (Å²) in [6.45, 7) is 2.01. The van der Waals surface area contributed by atoms with Crippen LogP contribution in [0.15, 0.2) is 0 Å². The summed E-state index contributed by atoms with van der Waals surface area (Å²) < 4.78 is 97.6. The number of hydrogen-bond donors (Lipinski definition) is 1. The quantitative estimate of drug-likeness (QED) is 0.401. The molecule has 0 heterocycles. The van der Waals surface area contributed by atoms with Crippen LogP contribution >= 0.6 is 0 Å². The van der Waals surface area contributed by atoms with Gasteiger partial charge in [0.1, 0.15) is 0 Å². The smallest absolute Gasteiger partial charge is 0.432 e. The van der Waals surface area contributed by atoms with Gasteiger partial charge < -0.3 is 4.74 Å². The van der Waals surface area contributed by atoms with Crippen molar-refractivity contribution < 1.29 is 44.5 Å². The summed E-state index contributed by atoms with van der Waals surface area (Å²) in [4.78, 5) is 11.5. The Labute approximate surface area is 142 Å². The topological polar surface area (TPSA) is 80.7 Å². The zero-order valence-electron chi connectivity index (χ0n) is 13.6. The third-order valence-electron chi connectivity index (χ3n) is 4.42. The number of alkyl halides is 5. The molecule has 1 aliphatic rings. The molecule has 3 atom stereocenters. The Morgan fingerprint density at radius 1 is 1.20 bits per heavy atom. The van der Waals surface area contributed by atoms with E-state index in [2.05, 4.69) is 4.74 Å². The second-order valence-electron chi connectivity index (χ2n) is 6.29. The first-order valence-corrected chi connectivity index (χ1v) is 9.34. The van der Waals surface area contributed by atoms with Crippen LogP contribution in [-0.4, -0.2) is 36.5 Å². The molecular formula is C14H21F5O5S. The van der Waals surface area contributed by atoms with Crippen molar-refractivity contribution >= 4 is 16.1 Å². The number of esters is 1. The average molecular weight is 396 g/mol. The molecule has 1 fully saturated rings. The molecule has 3 unspecified atom stereocenters. The van der Waals surface area contributed by atoms with Crippen molar-refractivity contribution in [1.29, 1.82) is 0 Å². The van der Waals surface area contributed by atoms with E-state index in [4.69, 9.17) is 4.55 Å². The number of carbonyl (C=O) groups excluding carboxylic acids is 1. The summed E-state index contributed by atoms with van der Waals surface area (Å²) in [5.74, 6) is -1.04. The monoisotopic (exact) mass is 396 g/mol. The van der Waals surface area contributed by atoms with E-state index in [-0.39, 0.29) is 12.3 Å². The predicted molar refractivity (Wildman–Crippen MR) is 77.4 cm³/mol. The SMILES string of the molecule is CCC1CCCC(CCC(=O)OC(C(F)(F)F)C(F)(F)S(=O)(=O)O)C1. The number of carbonyl (C=O) groups is 1. The third kappa shape index (κ3) is 6.05. The van der Waals surface area contributed by atoms with E-state index in [1.807, 2.05) is 6.92 Å². The summed E-state index contributed by atoms with van der Waals surface area (Å²) in [5.41, 5.74) is 0. The lowest BCUT2D eigenvalue weighted by molar-refractivity contribution is -0.259.